The molecule has 1 unspecified atom stereocenters. The molecule has 1 aromatic rings. The summed E-state index contributed by atoms with van der Waals surface area (Å²) >= 11 is 0. The topological polar surface area (TPSA) is 61.8 Å². The molecule has 0 radical (unpaired) electrons. The average molecular weight is 320 g/mol. The predicted molar refractivity (Wildman–Crippen MR) is 89.6 cm³/mol. The van der Waals surface area contributed by atoms with Crippen LogP contribution < -0.4 is 5.32 Å². The van der Waals surface area contributed by atoms with E-state index in [1.807, 2.05) is 58.0 Å². The zero-order chi connectivity index (χ0) is 17.2. The molecule has 1 fully saturated rings. The maximum absolute atomic E-state index is 13.1. The zero-order valence-electron chi connectivity index (χ0n) is 14.6. The molecule has 128 valence electrons. The first-order valence-electron chi connectivity index (χ1n) is 8.18. The number of likely N-dealkylation sites (N-methyl/N-ethyl adjacent to an activating group) is 1. The lowest BCUT2D eigenvalue weighted by molar-refractivity contribution is -0.160. The third-order valence-corrected chi connectivity index (χ3v) is 4.42. The Labute approximate surface area is 138 Å². The molecule has 3 atom stereocenters. The van der Waals surface area contributed by atoms with Gasteiger partial charge in [0.25, 0.3) is 0 Å². The summed E-state index contributed by atoms with van der Waals surface area (Å²) in [4.78, 5) is 14.8. The number of amides is 1. The van der Waals surface area contributed by atoms with Gasteiger partial charge in [0.05, 0.1) is 12.1 Å². The van der Waals surface area contributed by atoms with Gasteiger partial charge in [-0.3, -0.25) is 4.79 Å². The minimum atomic E-state index is -0.987. The molecule has 0 bridgehead atoms. The normalized spacial score (nSPS) is 24.9. The van der Waals surface area contributed by atoms with Crippen LogP contribution in [0.5, 0.6) is 0 Å². The van der Waals surface area contributed by atoms with Gasteiger partial charge < -0.3 is 20.1 Å². The quantitative estimate of drug-likeness (QED) is 0.868. The number of hydrogen-bond donors (Lipinski definition) is 2. The van der Waals surface area contributed by atoms with Gasteiger partial charge in [0.1, 0.15) is 5.72 Å². The lowest BCUT2D eigenvalue weighted by Crippen LogP contribution is -2.56. The highest BCUT2D eigenvalue weighted by molar-refractivity contribution is 5.83. The molecule has 1 amide bonds. The Morgan fingerprint density at radius 2 is 1.96 bits per heavy atom. The van der Waals surface area contributed by atoms with Gasteiger partial charge in [-0.1, -0.05) is 44.2 Å². The standard InChI is InChI=1S/C18H28N2O3/c1-12(2)15(19-5)16(21)20-14(17(22)23-18(20,3)4)11-13-9-7-6-8-10-13/h6-10,12,14-15,17,19,22H,11H2,1-5H3/t14-,15?,17+/m0/s1. The number of hydrogen-bond acceptors (Lipinski definition) is 4. The van der Waals surface area contributed by atoms with Crippen LogP contribution in [0.25, 0.3) is 0 Å². The minimum Gasteiger partial charge on any atom is -0.366 e. The van der Waals surface area contributed by atoms with E-state index in [1.165, 1.54) is 0 Å². The van der Waals surface area contributed by atoms with Gasteiger partial charge in [-0.15, -0.1) is 0 Å². The second-order valence-electron chi connectivity index (χ2n) is 6.93. The number of rotatable bonds is 5. The molecule has 1 saturated heterocycles. The smallest absolute Gasteiger partial charge is 0.242 e. The van der Waals surface area contributed by atoms with Crippen molar-refractivity contribution in [2.45, 2.75) is 58.2 Å². The summed E-state index contributed by atoms with van der Waals surface area (Å²) in [6.07, 6.45) is -0.426. The largest absolute Gasteiger partial charge is 0.366 e. The molecule has 1 aromatic carbocycles. The van der Waals surface area contributed by atoms with E-state index in [9.17, 15) is 9.90 Å². The Morgan fingerprint density at radius 1 is 1.35 bits per heavy atom. The van der Waals surface area contributed by atoms with E-state index in [0.29, 0.717) is 6.42 Å². The van der Waals surface area contributed by atoms with Crippen LogP contribution in [0.2, 0.25) is 0 Å². The van der Waals surface area contributed by atoms with Gasteiger partial charge in [-0.2, -0.15) is 0 Å². The number of benzene rings is 1. The fourth-order valence-electron chi connectivity index (χ4n) is 3.33. The van der Waals surface area contributed by atoms with Crippen molar-refractivity contribution in [1.82, 2.24) is 10.2 Å². The Morgan fingerprint density at radius 3 is 2.48 bits per heavy atom. The van der Waals surface area contributed by atoms with E-state index in [1.54, 1.807) is 11.9 Å². The fourth-order valence-corrected chi connectivity index (χ4v) is 3.33. The van der Waals surface area contributed by atoms with Gasteiger partial charge in [0.2, 0.25) is 5.91 Å². The minimum absolute atomic E-state index is 0.0371. The van der Waals surface area contributed by atoms with Crippen LogP contribution in [0, 0.1) is 5.92 Å². The summed E-state index contributed by atoms with van der Waals surface area (Å²) in [5, 5.41) is 13.4. The Balaban J connectivity index is 2.29. The fraction of sp³-hybridized carbons (Fsp3) is 0.611. The molecule has 1 heterocycles. The van der Waals surface area contributed by atoms with Crippen LogP contribution in [-0.4, -0.2) is 47.1 Å². The van der Waals surface area contributed by atoms with E-state index in [4.69, 9.17) is 4.74 Å². The zero-order valence-corrected chi connectivity index (χ0v) is 14.6. The third kappa shape index (κ3) is 3.74. The van der Waals surface area contributed by atoms with Gasteiger partial charge in [-0.05, 0) is 38.8 Å². The van der Waals surface area contributed by atoms with E-state index < -0.39 is 18.1 Å². The number of nitrogens with zero attached hydrogens (tertiary/aromatic N) is 1. The summed E-state index contributed by atoms with van der Waals surface area (Å²) in [5.41, 5.74) is 0.237. The molecule has 2 rings (SSSR count). The molecule has 1 aliphatic rings. The number of aliphatic hydroxyl groups excluding tert-OH is 1. The van der Waals surface area contributed by atoms with Gasteiger partial charge in [0, 0.05) is 0 Å². The summed E-state index contributed by atoms with van der Waals surface area (Å²) in [7, 11) is 1.79. The van der Waals surface area contributed by atoms with Gasteiger partial charge >= 0.3 is 0 Å². The van der Waals surface area contributed by atoms with Crippen LogP contribution in [0.15, 0.2) is 30.3 Å². The molecule has 2 N–H and O–H groups in total. The predicted octanol–water partition coefficient (Wildman–Crippen LogP) is 1.75. The molecular weight excluding hydrogens is 292 g/mol. The maximum atomic E-state index is 13.1. The van der Waals surface area contributed by atoms with Crippen molar-refractivity contribution < 1.29 is 14.6 Å². The molecular formula is C18H28N2O3. The van der Waals surface area contributed by atoms with Crippen molar-refractivity contribution in [1.29, 1.82) is 0 Å². The van der Waals surface area contributed by atoms with Crippen molar-refractivity contribution in [2.75, 3.05) is 7.05 Å². The van der Waals surface area contributed by atoms with E-state index in [-0.39, 0.29) is 17.9 Å². The molecule has 5 heteroatoms. The van der Waals surface area contributed by atoms with Crippen molar-refractivity contribution in [3.05, 3.63) is 35.9 Å². The Bertz CT molecular complexity index is 530. The van der Waals surface area contributed by atoms with E-state index >= 15 is 0 Å². The monoisotopic (exact) mass is 320 g/mol. The molecule has 1 aliphatic heterocycles. The summed E-state index contributed by atoms with van der Waals surface area (Å²) in [6, 6.07) is 9.17. The number of carbonyl (C=O) groups is 1. The molecule has 5 nitrogen and oxygen atoms in total. The van der Waals surface area contributed by atoms with Crippen LogP contribution >= 0.6 is 0 Å². The maximum Gasteiger partial charge on any atom is 0.242 e. The third-order valence-electron chi connectivity index (χ3n) is 4.42. The van der Waals surface area contributed by atoms with E-state index in [2.05, 4.69) is 5.32 Å². The molecule has 0 aliphatic carbocycles. The number of carbonyl (C=O) groups excluding carboxylic acids is 1. The average Bonchev–Trinajstić information content (AvgIpc) is 2.69. The highest BCUT2D eigenvalue weighted by Crippen LogP contribution is 2.34. The lowest BCUT2D eigenvalue weighted by atomic mass is 9.98. The first-order valence-corrected chi connectivity index (χ1v) is 8.18. The van der Waals surface area contributed by atoms with Crippen LogP contribution in [0.1, 0.15) is 33.3 Å². The first-order chi connectivity index (χ1) is 10.8. The SMILES string of the molecule is CNC(C(=O)N1[C@@H](Cc2ccccc2)[C@H](O)OC1(C)C)C(C)C. The van der Waals surface area contributed by atoms with Crippen molar-refractivity contribution in [3.8, 4) is 0 Å². The summed E-state index contributed by atoms with van der Waals surface area (Å²) < 4.78 is 5.67. The van der Waals surface area contributed by atoms with Crippen molar-refractivity contribution in [2.24, 2.45) is 5.92 Å². The first kappa shape index (κ1) is 17.9. The molecule has 0 saturated carbocycles. The van der Waals surface area contributed by atoms with Crippen molar-refractivity contribution in [3.63, 3.8) is 0 Å². The molecule has 23 heavy (non-hydrogen) atoms. The van der Waals surface area contributed by atoms with Crippen LogP contribution in [0.4, 0.5) is 0 Å². The number of aliphatic hydroxyl groups is 1. The van der Waals surface area contributed by atoms with Gasteiger partial charge in [0.15, 0.2) is 6.29 Å². The molecule has 0 spiro atoms. The Kier molecular flexibility index (Phi) is 5.45. The number of ether oxygens (including phenoxy) is 1. The lowest BCUT2D eigenvalue weighted by Gasteiger charge is -2.37. The second kappa shape index (κ2) is 6.99. The second-order valence-corrected chi connectivity index (χ2v) is 6.93. The highest BCUT2D eigenvalue weighted by atomic mass is 16.6. The molecule has 0 aromatic heterocycles. The number of nitrogens with one attached hydrogen (secondary N) is 1. The van der Waals surface area contributed by atoms with Crippen molar-refractivity contribution >= 4 is 5.91 Å². The summed E-state index contributed by atoms with van der Waals surface area (Å²) in [6.45, 7) is 7.66. The highest BCUT2D eigenvalue weighted by Gasteiger charge is 2.50. The van der Waals surface area contributed by atoms with Crippen LogP contribution in [-0.2, 0) is 16.0 Å². The Hall–Kier alpha value is -1.43. The summed E-state index contributed by atoms with van der Waals surface area (Å²) in [5.74, 6) is 0.114. The van der Waals surface area contributed by atoms with Crippen LogP contribution in [0.3, 0.4) is 0 Å². The van der Waals surface area contributed by atoms with E-state index in [0.717, 1.165) is 5.56 Å². The van der Waals surface area contributed by atoms with Gasteiger partial charge in [-0.25, -0.2) is 0 Å².